The molecule has 11 aromatic rings. The number of aryl methyl sites for hydroxylation is 1. The Morgan fingerprint density at radius 2 is 1.27 bits per heavy atom. The molecule has 11 rings (SSSR count). The monoisotopic (exact) mass is 1180 g/mol. The molecule has 8 aromatic carbocycles. The summed E-state index contributed by atoms with van der Waals surface area (Å²) >= 11 is 0. The van der Waals surface area contributed by atoms with Crippen molar-refractivity contribution >= 4 is 81.0 Å². The number of hydrogen-bond acceptors (Lipinski definition) is 4. The molecule has 3 heterocycles. The molecule has 0 amide bonds. The number of imidazole rings is 1. The molecule has 8 heteroatoms. The fourth-order valence-electron chi connectivity index (χ4n) is 10.1. The molecule has 3 aromatic heterocycles. The Bertz CT molecular complexity index is 3950. The van der Waals surface area contributed by atoms with E-state index in [1.165, 1.54) is 66.1 Å². The number of aromatic nitrogens is 4. The van der Waals surface area contributed by atoms with Gasteiger partial charge in [-0.25, -0.2) is 0 Å². The van der Waals surface area contributed by atoms with E-state index >= 15 is 0 Å². The molecule has 5 nitrogen and oxygen atoms in total. The number of para-hydroxylation sites is 2. The molecule has 0 saturated carbocycles. The van der Waals surface area contributed by atoms with Crippen LogP contribution in [0.3, 0.4) is 0 Å². The standard InChI is InChI=1S/C51H51N2OSi2.C15H17N2.Ir/c1-31(2)42-27-36(35-24-37(55(5,6)7)29-38(25-35)56(8,9)10)28-43(32(3)4)49(42)53-47-21-14-13-20-46(47)52-51(53)41-19-15-18-40-45-26-34-23-22-33-16-11-12-17-39(33)44(34)30-48(45)54-50(40)41;1-11-10-16-14(12-8-6-5-7-9-12)17-13(11)15(2,3)4;/h11-18,20-32H,1-10H3;5-8,10H,1-4H3;/q2*-1;/i;1D3;. The molecule has 0 aliphatic rings. The van der Waals surface area contributed by atoms with E-state index in [0.717, 1.165) is 49.9 Å². The molecule has 377 valence electrons. The number of fused-ring (bicyclic) bond motifs is 7. The zero-order valence-corrected chi connectivity index (χ0v) is 49.4. The molecule has 0 N–H and O–H groups in total. The Morgan fingerprint density at radius 3 is 1.92 bits per heavy atom. The maximum absolute atomic E-state index is 7.61. The fourth-order valence-corrected chi connectivity index (χ4v) is 12.6. The zero-order chi connectivity index (χ0) is 54.2. The van der Waals surface area contributed by atoms with E-state index in [0.29, 0.717) is 11.5 Å². The van der Waals surface area contributed by atoms with Crippen LogP contribution in [0.25, 0.3) is 94.1 Å². The molecule has 0 unspecified atom stereocenters. The number of rotatable bonds is 8. The molecule has 0 saturated heterocycles. The zero-order valence-electron chi connectivity index (χ0n) is 48.0. The second-order valence-electron chi connectivity index (χ2n) is 23.4. The molecule has 1 radical (unpaired) electrons. The first-order valence-corrected chi connectivity index (χ1v) is 32.7. The average Bonchev–Trinajstić information content (AvgIpc) is 4.19. The first kappa shape index (κ1) is 48.6. The van der Waals surface area contributed by atoms with Gasteiger partial charge in [0.1, 0.15) is 5.58 Å². The summed E-state index contributed by atoms with van der Waals surface area (Å²) < 4.78 is 32.2. The van der Waals surface area contributed by atoms with Gasteiger partial charge in [0.2, 0.25) is 0 Å². The molecule has 0 aliphatic carbocycles. The van der Waals surface area contributed by atoms with Crippen molar-refractivity contribution in [2.24, 2.45) is 0 Å². The third-order valence-corrected chi connectivity index (χ3v) is 18.2. The number of nitrogens with zero attached hydrogens (tertiary/aromatic N) is 4. The Morgan fingerprint density at radius 1 is 0.622 bits per heavy atom. The van der Waals surface area contributed by atoms with Crippen LogP contribution in [-0.2, 0) is 25.5 Å². The second-order valence-corrected chi connectivity index (χ2v) is 33.6. The van der Waals surface area contributed by atoms with Crippen LogP contribution < -0.4 is 10.4 Å². The third-order valence-electron chi connectivity index (χ3n) is 14.2. The SMILES string of the molecule is CC(C)c1cc(-c2cc([Si](C)(C)C)cc([Si](C)(C)C)c2)cc(C(C)C)c1-n1c(-c2[c-]ccc3c2oc2cc4c(ccc5ccccc54)cc23)nc2ccccc21.[2H]C([2H])([2H])c1cnc(-c2[c-]cccc2)nc1C(C)(C)C.[Ir]. The summed E-state index contributed by atoms with van der Waals surface area (Å²) in [7, 11) is -3.15. The maximum atomic E-state index is 7.61. The van der Waals surface area contributed by atoms with Gasteiger partial charge in [0.05, 0.1) is 44.4 Å². The van der Waals surface area contributed by atoms with Gasteiger partial charge >= 0.3 is 0 Å². The summed E-state index contributed by atoms with van der Waals surface area (Å²) in [4.78, 5) is 14.1. The Labute approximate surface area is 458 Å². The molecular formula is C66H68IrN4OSi2-2. The first-order valence-electron chi connectivity index (χ1n) is 27.2. The van der Waals surface area contributed by atoms with E-state index < -0.39 is 23.0 Å². The van der Waals surface area contributed by atoms with E-state index in [2.05, 4.69) is 203 Å². The smallest absolute Gasteiger partial charge is 0.121 e. The van der Waals surface area contributed by atoms with Crippen molar-refractivity contribution in [3.05, 3.63) is 180 Å². The Balaban J connectivity index is 0.000000290. The molecule has 0 fully saturated rings. The summed E-state index contributed by atoms with van der Waals surface area (Å²) in [5, 5.41) is 10.1. The fraction of sp³-hybridized carbons (Fsp3) is 0.258. The van der Waals surface area contributed by atoms with Crippen LogP contribution in [0.15, 0.2) is 150 Å². The molecule has 0 bridgehead atoms. The van der Waals surface area contributed by atoms with Crippen molar-refractivity contribution in [1.82, 2.24) is 19.5 Å². The van der Waals surface area contributed by atoms with E-state index in [1.54, 1.807) is 6.07 Å². The van der Waals surface area contributed by atoms with Crippen LogP contribution in [0.4, 0.5) is 0 Å². The van der Waals surface area contributed by atoms with Crippen LogP contribution in [0.5, 0.6) is 0 Å². The van der Waals surface area contributed by atoms with Crippen molar-refractivity contribution in [3.8, 4) is 39.6 Å². The molecule has 74 heavy (non-hydrogen) atoms. The van der Waals surface area contributed by atoms with Gasteiger partial charge in [0.15, 0.2) is 0 Å². The predicted octanol–water partition coefficient (Wildman–Crippen LogP) is 17.2. The van der Waals surface area contributed by atoms with Gasteiger partial charge in [0, 0.05) is 52.6 Å². The van der Waals surface area contributed by atoms with Gasteiger partial charge in [-0.2, -0.15) is 0 Å². The minimum absolute atomic E-state index is 0. The van der Waals surface area contributed by atoms with Crippen LogP contribution >= 0.6 is 0 Å². The Hall–Kier alpha value is -6.29. The first-order chi connectivity index (χ1) is 35.9. The van der Waals surface area contributed by atoms with Gasteiger partial charge < -0.3 is 8.98 Å². The van der Waals surface area contributed by atoms with Crippen LogP contribution in [0, 0.1) is 19.0 Å². The molecule has 0 aliphatic heterocycles. The van der Waals surface area contributed by atoms with E-state index in [-0.39, 0.29) is 42.9 Å². The van der Waals surface area contributed by atoms with Crippen molar-refractivity contribution < 1.29 is 28.6 Å². The van der Waals surface area contributed by atoms with Gasteiger partial charge in [0.25, 0.3) is 0 Å². The Kier molecular flexibility index (Phi) is 13.2. The number of furan rings is 1. The normalized spacial score (nSPS) is 13.1. The van der Waals surface area contributed by atoms with Crippen molar-refractivity contribution in [2.45, 2.75) is 112 Å². The van der Waals surface area contributed by atoms with Crippen LogP contribution in [-0.4, -0.2) is 35.7 Å². The number of benzene rings is 8. The van der Waals surface area contributed by atoms with Gasteiger partial charge in [-0.05, 0) is 104 Å². The van der Waals surface area contributed by atoms with Crippen molar-refractivity contribution in [2.75, 3.05) is 0 Å². The van der Waals surface area contributed by atoms with E-state index in [1.807, 2.05) is 45.0 Å². The molecule has 0 spiro atoms. The van der Waals surface area contributed by atoms with Crippen LogP contribution in [0.2, 0.25) is 39.3 Å². The summed E-state index contributed by atoms with van der Waals surface area (Å²) in [6.45, 7) is 27.8. The largest absolute Gasteiger partial charge is 0.501 e. The molecular weight excluding hydrogens is 1110 g/mol. The van der Waals surface area contributed by atoms with E-state index in [4.69, 9.17) is 13.5 Å². The quantitative estimate of drug-likeness (QED) is 0.0864. The molecule has 0 atom stereocenters. The second kappa shape index (κ2) is 20.1. The number of hydrogen-bond donors (Lipinski definition) is 0. The summed E-state index contributed by atoms with van der Waals surface area (Å²) in [6, 6.07) is 56.8. The van der Waals surface area contributed by atoms with Gasteiger partial charge in [-0.3, -0.25) is 15.0 Å². The van der Waals surface area contributed by atoms with Gasteiger partial charge in [-0.15, -0.1) is 54.1 Å². The van der Waals surface area contributed by atoms with Crippen molar-refractivity contribution in [3.63, 3.8) is 0 Å². The van der Waals surface area contributed by atoms with E-state index in [9.17, 15) is 0 Å². The average molecular weight is 1180 g/mol. The van der Waals surface area contributed by atoms with Crippen LogP contribution in [0.1, 0.15) is 86.8 Å². The maximum Gasteiger partial charge on any atom is 0.121 e. The van der Waals surface area contributed by atoms with Crippen molar-refractivity contribution in [1.29, 1.82) is 0 Å². The summed E-state index contributed by atoms with van der Waals surface area (Å²) in [6.07, 6.45) is 1.41. The minimum atomic E-state index is -2.21. The summed E-state index contributed by atoms with van der Waals surface area (Å²) in [5.74, 6) is 1.88. The minimum Gasteiger partial charge on any atom is -0.501 e. The van der Waals surface area contributed by atoms with Gasteiger partial charge in [-0.1, -0.05) is 176 Å². The third kappa shape index (κ3) is 10.0. The predicted molar refractivity (Wildman–Crippen MR) is 317 cm³/mol. The summed E-state index contributed by atoms with van der Waals surface area (Å²) in [5.41, 5.74) is 12.3. The topological polar surface area (TPSA) is 56.7 Å².